The summed E-state index contributed by atoms with van der Waals surface area (Å²) in [7, 11) is 0. The van der Waals surface area contributed by atoms with Crippen LogP contribution < -0.4 is 5.32 Å². The SMILES string of the molecule is Cc1ccc(/N=N/c2c(S)cc3cc(S)cc(NC=O)c3c2O)c(S)c1. The summed E-state index contributed by atoms with van der Waals surface area (Å²) in [5.74, 6) is -0.123. The number of nitrogens with zero attached hydrogens (tertiary/aromatic N) is 2. The molecular formula is C18H15N3O2S3. The summed E-state index contributed by atoms with van der Waals surface area (Å²) >= 11 is 13.1. The summed E-state index contributed by atoms with van der Waals surface area (Å²) in [6, 6.07) is 10.7. The first-order valence-corrected chi connectivity index (χ1v) is 8.88. The fourth-order valence-electron chi connectivity index (χ4n) is 2.58. The van der Waals surface area contributed by atoms with Crippen LogP contribution in [0, 0.1) is 6.92 Å². The van der Waals surface area contributed by atoms with Gasteiger partial charge in [0, 0.05) is 20.1 Å². The zero-order chi connectivity index (χ0) is 18.8. The number of amides is 1. The van der Waals surface area contributed by atoms with Gasteiger partial charge in [0.2, 0.25) is 6.41 Å². The summed E-state index contributed by atoms with van der Waals surface area (Å²) in [4.78, 5) is 12.7. The number of rotatable bonds is 4. The largest absolute Gasteiger partial charge is 0.505 e. The number of phenols is 1. The van der Waals surface area contributed by atoms with E-state index in [9.17, 15) is 9.90 Å². The molecule has 2 N–H and O–H groups in total. The lowest BCUT2D eigenvalue weighted by Crippen LogP contribution is -1.95. The van der Waals surface area contributed by atoms with Crippen LogP contribution >= 0.6 is 37.9 Å². The van der Waals surface area contributed by atoms with Crippen molar-refractivity contribution in [3.8, 4) is 5.75 Å². The number of aryl methyl sites for hydroxylation is 1. The first kappa shape index (κ1) is 18.6. The van der Waals surface area contributed by atoms with Gasteiger partial charge in [-0.05, 0) is 48.2 Å². The van der Waals surface area contributed by atoms with E-state index in [0.717, 1.165) is 5.56 Å². The van der Waals surface area contributed by atoms with Gasteiger partial charge in [0.25, 0.3) is 0 Å². The van der Waals surface area contributed by atoms with Crippen LogP contribution in [0.2, 0.25) is 0 Å². The smallest absolute Gasteiger partial charge is 0.211 e. The van der Waals surface area contributed by atoms with E-state index in [1.807, 2.05) is 19.1 Å². The summed E-state index contributed by atoms with van der Waals surface area (Å²) in [6.45, 7) is 1.96. The summed E-state index contributed by atoms with van der Waals surface area (Å²) < 4.78 is 0. The van der Waals surface area contributed by atoms with Crippen LogP contribution in [0.4, 0.5) is 17.1 Å². The normalized spacial score (nSPS) is 11.2. The summed E-state index contributed by atoms with van der Waals surface area (Å²) in [5, 5.41) is 22.7. The Morgan fingerprint density at radius 2 is 1.81 bits per heavy atom. The van der Waals surface area contributed by atoms with Gasteiger partial charge in [0.1, 0.15) is 5.69 Å². The molecule has 0 aliphatic rings. The lowest BCUT2D eigenvalue weighted by Gasteiger charge is -2.12. The Morgan fingerprint density at radius 3 is 2.50 bits per heavy atom. The van der Waals surface area contributed by atoms with Gasteiger partial charge >= 0.3 is 0 Å². The predicted molar refractivity (Wildman–Crippen MR) is 112 cm³/mol. The van der Waals surface area contributed by atoms with E-state index in [2.05, 4.69) is 53.4 Å². The number of thiol groups is 3. The molecule has 0 bridgehead atoms. The van der Waals surface area contributed by atoms with Gasteiger partial charge in [0.15, 0.2) is 5.75 Å². The standard InChI is InChI=1S/C18H15N3O2S3/c1-9-2-3-12(14(25)4-9)20-21-17-15(26)6-10-5-11(24)7-13(19-8-22)16(10)18(17)23/h2-8,23-26H,1H3,(H,19,22)/b21-20+. The molecule has 0 atom stereocenters. The monoisotopic (exact) mass is 401 g/mol. The van der Waals surface area contributed by atoms with Crippen LogP contribution in [0.3, 0.4) is 0 Å². The Labute approximate surface area is 166 Å². The predicted octanol–water partition coefficient (Wildman–Crippen LogP) is 5.70. The Kier molecular flexibility index (Phi) is 5.45. The second-order valence-electron chi connectivity index (χ2n) is 5.64. The zero-order valence-corrected chi connectivity index (χ0v) is 16.3. The number of aromatic hydroxyl groups is 1. The van der Waals surface area contributed by atoms with Crippen molar-refractivity contribution in [1.82, 2.24) is 0 Å². The average molecular weight is 402 g/mol. The molecule has 0 saturated heterocycles. The molecule has 0 heterocycles. The van der Waals surface area contributed by atoms with Crippen LogP contribution in [-0.4, -0.2) is 11.5 Å². The number of hydrogen-bond acceptors (Lipinski definition) is 7. The minimum Gasteiger partial charge on any atom is -0.505 e. The molecule has 5 nitrogen and oxygen atoms in total. The highest BCUT2D eigenvalue weighted by molar-refractivity contribution is 7.80. The van der Waals surface area contributed by atoms with E-state index in [4.69, 9.17) is 0 Å². The van der Waals surface area contributed by atoms with E-state index in [0.29, 0.717) is 43.2 Å². The van der Waals surface area contributed by atoms with Crippen molar-refractivity contribution in [3.05, 3.63) is 42.0 Å². The van der Waals surface area contributed by atoms with Crippen molar-refractivity contribution < 1.29 is 9.90 Å². The Hall–Kier alpha value is -2.16. The number of nitrogens with one attached hydrogen (secondary N) is 1. The highest BCUT2D eigenvalue weighted by Gasteiger charge is 2.15. The van der Waals surface area contributed by atoms with E-state index < -0.39 is 0 Å². The molecule has 3 aromatic carbocycles. The molecule has 3 aromatic rings. The Morgan fingerprint density at radius 1 is 1.04 bits per heavy atom. The molecule has 8 heteroatoms. The van der Waals surface area contributed by atoms with E-state index >= 15 is 0 Å². The molecule has 0 aliphatic heterocycles. The fourth-order valence-corrected chi connectivity index (χ4v) is 3.46. The third-order valence-corrected chi connectivity index (χ3v) is 4.71. The molecule has 0 aliphatic carbocycles. The van der Waals surface area contributed by atoms with Crippen LogP contribution in [0.15, 0.2) is 61.3 Å². The zero-order valence-electron chi connectivity index (χ0n) is 13.6. The van der Waals surface area contributed by atoms with Crippen molar-refractivity contribution in [3.63, 3.8) is 0 Å². The maximum absolute atomic E-state index is 10.9. The molecule has 0 radical (unpaired) electrons. The quantitative estimate of drug-likeness (QED) is 0.221. The highest BCUT2D eigenvalue weighted by Crippen LogP contribution is 2.44. The minimum absolute atomic E-state index is 0.123. The van der Waals surface area contributed by atoms with Crippen molar-refractivity contribution in [2.45, 2.75) is 21.6 Å². The minimum atomic E-state index is -0.123. The number of azo groups is 1. The Balaban J connectivity index is 2.17. The van der Waals surface area contributed by atoms with Gasteiger partial charge in [-0.25, -0.2) is 0 Å². The molecule has 3 rings (SSSR count). The summed E-state index contributed by atoms with van der Waals surface area (Å²) in [6.07, 6.45) is 0.538. The van der Waals surface area contributed by atoms with Crippen LogP contribution in [0.5, 0.6) is 5.75 Å². The molecule has 0 fully saturated rings. The van der Waals surface area contributed by atoms with E-state index in [1.165, 1.54) is 0 Å². The van der Waals surface area contributed by atoms with Crippen molar-refractivity contribution in [1.29, 1.82) is 0 Å². The number of anilines is 1. The lowest BCUT2D eigenvalue weighted by atomic mass is 10.1. The van der Waals surface area contributed by atoms with Crippen molar-refractivity contribution in [2.75, 3.05) is 5.32 Å². The highest BCUT2D eigenvalue weighted by atomic mass is 32.1. The molecule has 0 spiro atoms. The van der Waals surface area contributed by atoms with Crippen LogP contribution in [0.25, 0.3) is 10.8 Å². The van der Waals surface area contributed by atoms with Gasteiger partial charge in [-0.15, -0.1) is 48.1 Å². The number of carbonyl (C=O) groups excluding carboxylic acids is 1. The van der Waals surface area contributed by atoms with Crippen molar-refractivity contribution in [2.24, 2.45) is 10.2 Å². The maximum atomic E-state index is 10.9. The molecule has 1 amide bonds. The molecular weight excluding hydrogens is 386 g/mol. The first-order chi connectivity index (χ1) is 12.4. The van der Waals surface area contributed by atoms with Gasteiger partial charge in [0.05, 0.1) is 11.4 Å². The second-order valence-corrected chi connectivity index (χ2v) is 7.12. The fraction of sp³-hybridized carbons (Fsp3) is 0.0556. The molecule has 0 aromatic heterocycles. The molecule has 26 heavy (non-hydrogen) atoms. The van der Waals surface area contributed by atoms with Crippen molar-refractivity contribution >= 4 is 72.1 Å². The number of benzene rings is 3. The van der Waals surface area contributed by atoms with Crippen LogP contribution in [0.1, 0.15) is 5.56 Å². The number of hydrogen-bond donors (Lipinski definition) is 5. The third-order valence-electron chi connectivity index (χ3n) is 3.75. The number of phenolic OH excluding ortho intramolecular Hbond substituents is 1. The van der Waals surface area contributed by atoms with Gasteiger partial charge < -0.3 is 10.4 Å². The number of fused-ring (bicyclic) bond motifs is 1. The van der Waals surface area contributed by atoms with E-state index in [1.54, 1.807) is 24.3 Å². The first-order valence-electron chi connectivity index (χ1n) is 7.54. The molecule has 0 unspecified atom stereocenters. The average Bonchev–Trinajstić information content (AvgIpc) is 2.55. The molecule has 0 saturated carbocycles. The molecule has 132 valence electrons. The van der Waals surface area contributed by atoms with Gasteiger partial charge in [-0.2, -0.15) is 0 Å². The number of carbonyl (C=O) groups is 1. The Bertz CT molecular complexity index is 1050. The van der Waals surface area contributed by atoms with Gasteiger partial charge in [-0.1, -0.05) is 6.07 Å². The second kappa shape index (κ2) is 7.61. The lowest BCUT2D eigenvalue weighted by molar-refractivity contribution is -0.105. The maximum Gasteiger partial charge on any atom is 0.211 e. The third kappa shape index (κ3) is 3.67. The van der Waals surface area contributed by atoms with Gasteiger partial charge in [-0.3, -0.25) is 4.79 Å². The summed E-state index contributed by atoms with van der Waals surface area (Å²) in [5.41, 5.74) is 2.26. The topological polar surface area (TPSA) is 74.0 Å². The van der Waals surface area contributed by atoms with E-state index in [-0.39, 0.29) is 11.4 Å². The van der Waals surface area contributed by atoms with Crippen LogP contribution in [-0.2, 0) is 4.79 Å².